The van der Waals surface area contributed by atoms with Gasteiger partial charge in [0.15, 0.2) is 0 Å². The normalized spacial score (nSPS) is 10.5. The molecule has 0 atom stereocenters. The molecule has 7 nitrogen and oxygen atoms in total. The summed E-state index contributed by atoms with van der Waals surface area (Å²) in [7, 11) is 1.60. The van der Waals surface area contributed by atoms with E-state index in [0.717, 1.165) is 16.9 Å². The van der Waals surface area contributed by atoms with Gasteiger partial charge in [-0.25, -0.2) is 4.68 Å². The van der Waals surface area contributed by atoms with E-state index >= 15 is 0 Å². The van der Waals surface area contributed by atoms with Crippen LogP contribution in [0.2, 0.25) is 0 Å². The number of nitro groups is 1. The first-order valence-electron chi connectivity index (χ1n) is 7.90. The zero-order valence-corrected chi connectivity index (χ0v) is 15.6. The minimum absolute atomic E-state index is 0.0798. The van der Waals surface area contributed by atoms with Crippen LogP contribution in [0.15, 0.2) is 59.2 Å². The molecule has 8 heteroatoms. The minimum atomic E-state index is -0.438. The fourth-order valence-corrected chi connectivity index (χ4v) is 3.12. The molecule has 0 saturated carbocycles. The Bertz CT molecular complexity index is 912. The Balaban J connectivity index is 1.91. The molecular formula is C18H17BrN4O3. The topological polar surface area (TPSA) is 82.2 Å². The van der Waals surface area contributed by atoms with Gasteiger partial charge in [0.05, 0.1) is 18.6 Å². The molecule has 3 rings (SSSR count). The number of methoxy groups -OCH3 is 1. The summed E-state index contributed by atoms with van der Waals surface area (Å²) in [5.74, 6) is 1.08. The molecule has 26 heavy (non-hydrogen) atoms. The summed E-state index contributed by atoms with van der Waals surface area (Å²) in [6.45, 7) is 0.832. The van der Waals surface area contributed by atoms with Crippen LogP contribution >= 0.6 is 15.9 Å². The fraction of sp³-hybridized carbons (Fsp3) is 0.167. The van der Waals surface area contributed by atoms with Gasteiger partial charge in [-0.05, 0) is 39.2 Å². The van der Waals surface area contributed by atoms with Crippen molar-refractivity contribution in [1.82, 2.24) is 9.78 Å². The predicted molar refractivity (Wildman–Crippen MR) is 102 cm³/mol. The molecule has 1 heterocycles. The second kappa shape index (κ2) is 8.01. The van der Waals surface area contributed by atoms with Crippen molar-refractivity contribution in [2.75, 3.05) is 12.4 Å². The van der Waals surface area contributed by atoms with Crippen LogP contribution < -0.4 is 10.1 Å². The van der Waals surface area contributed by atoms with Crippen molar-refractivity contribution in [2.45, 2.75) is 13.1 Å². The van der Waals surface area contributed by atoms with Gasteiger partial charge in [0, 0.05) is 6.54 Å². The third kappa shape index (κ3) is 4.02. The summed E-state index contributed by atoms with van der Waals surface area (Å²) in [6.07, 6.45) is 0. The number of aromatic nitrogens is 2. The first-order valence-corrected chi connectivity index (χ1v) is 8.69. The molecule has 0 bridgehead atoms. The Morgan fingerprint density at radius 2 is 1.92 bits per heavy atom. The van der Waals surface area contributed by atoms with Crippen molar-refractivity contribution in [3.05, 3.63) is 80.4 Å². The first-order chi connectivity index (χ1) is 12.6. The molecule has 0 amide bonds. The van der Waals surface area contributed by atoms with Crippen molar-refractivity contribution in [2.24, 2.45) is 0 Å². The minimum Gasteiger partial charge on any atom is -0.497 e. The van der Waals surface area contributed by atoms with Crippen LogP contribution in [0.5, 0.6) is 5.75 Å². The summed E-state index contributed by atoms with van der Waals surface area (Å²) >= 11 is 3.20. The summed E-state index contributed by atoms with van der Waals surface area (Å²) in [5.41, 5.74) is 1.87. The molecule has 3 aromatic rings. The number of ether oxygens (including phenoxy) is 1. The molecule has 0 saturated heterocycles. The Morgan fingerprint density at radius 3 is 2.62 bits per heavy atom. The third-order valence-electron chi connectivity index (χ3n) is 3.84. The monoisotopic (exact) mass is 416 g/mol. The second-order valence-electron chi connectivity index (χ2n) is 5.59. The molecule has 1 N–H and O–H groups in total. The van der Waals surface area contributed by atoms with E-state index in [4.69, 9.17) is 4.74 Å². The zero-order chi connectivity index (χ0) is 18.5. The number of nitrogens with one attached hydrogen (secondary N) is 1. The fourth-order valence-electron chi connectivity index (χ4n) is 2.60. The summed E-state index contributed by atoms with van der Waals surface area (Å²) in [6, 6.07) is 17.2. The highest BCUT2D eigenvalue weighted by atomic mass is 79.9. The van der Waals surface area contributed by atoms with Gasteiger partial charge in [-0.3, -0.25) is 10.1 Å². The van der Waals surface area contributed by atoms with Crippen LogP contribution in [0.25, 0.3) is 0 Å². The van der Waals surface area contributed by atoms with Gasteiger partial charge in [-0.1, -0.05) is 42.5 Å². The molecule has 0 radical (unpaired) electrons. The number of hydrogen-bond acceptors (Lipinski definition) is 5. The molecule has 1 aromatic heterocycles. The van der Waals surface area contributed by atoms with Crippen molar-refractivity contribution in [1.29, 1.82) is 0 Å². The molecule has 0 aliphatic heterocycles. The standard InChI is InChI=1S/C18H17BrN4O3/c1-26-15-9-5-8-14(10-15)12-22-18(16(23(24)25)17(19)21-22)20-11-13-6-3-2-4-7-13/h2-10,20H,11-12H2,1H3. The summed E-state index contributed by atoms with van der Waals surface area (Å²) < 4.78 is 7.01. The van der Waals surface area contributed by atoms with Crippen molar-refractivity contribution >= 4 is 27.4 Å². The van der Waals surface area contributed by atoms with E-state index in [1.165, 1.54) is 0 Å². The highest BCUT2D eigenvalue weighted by Crippen LogP contribution is 2.33. The van der Waals surface area contributed by atoms with Gasteiger partial charge in [0.25, 0.3) is 0 Å². The predicted octanol–water partition coefficient (Wildman–Crippen LogP) is 4.22. The van der Waals surface area contributed by atoms with Crippen LogP contribution in [0.4, 0.5) is 11.5 Å². The van der Waals surface area contributed by atoms with Crippen LogP contribution in [0.1, 0.15) is 11.1 Å². The average Bonchev–Trinajstić information content (AvgIpc) is 2.96. The van der Waals surface area contributed by atoms with Crippen LogP contribution in [-0.4, -0.2) is 21.8 Å². The number of nitrogens with zero attached hydrogens (tertiary/aromatic N) is 3. The number of halogens is 1. The van der Waals surface area contributed by atoms with Gasteiger partial charge < -0.3 is 10.1 Å². The Kier molecular flexibility index (Phi) is 5.52. The number of hydrogen-bond donors (Lipinski definition) is 1. The smallest absolute Gasteiger partial charge is 0.345 e. The third-order valence-corrected chi connectivity index (χ3v) is 4.37. The van der Waals surface area contributed by atoms with Crippen molar-refractivity contribution in [3.63, 3.8) is 0 Å². The van der Waals surface area contributed by atoms with Crippen LogP contribution in [0.3, 0.4) is 0 Å². The Hall–Kier alpha value is -2.87. The van der Waals surface area contributed by atoms with Gasteiger partial charge in [-0.15, -0.1) is 0 Å². The average molecular weight is 417 g/mol. The van der Waals surface area contributed by atoms with Gasteiger partial charge in [-0.2, -0.15) is 5.10 Å². The van der Waals surface area contributed by atoms with E-state index < -0.39 is 4.92 Å². The molecule has 0 spiro atoms. The highest BCUT2D eigenvalue weighted by Gasteiger charge is 2.26. The number of rotatable bonds is 7. The molecule has 0 aliphatic rings. The van der Waals surface area contributed by atoms with Gasteiger partial charge in [0.1, 0.15) is 5.75 Å². The summed E-state index contributed by atoms with van der Waals surface area (Å²) in [5, 5.41) is 18.9. The molecule has 0 unspecified atom stereocenters. The van der Waals surface area contributed by atoms with E-state index in [1.54, 1.807) is 11.8 Å². The van der Waals surface area contributed by atoms with E-state index in [1.807, 2.05) is 54.6 Å². The highest BCUT2D eigenvalue weighted by molar-refractivity contribution is 9.10. The Labute approximate surface area is 158 Å². The lowest BCUT2D eigenvalue weighted by Crippen LogP contribution is -2.10. The van der Waals surface area contributed by atoms with Gasteiger partial charge >= 0.3 is 5.69 Å². The SMILES string of the molecule is COc1cccc(Cn2nc(Br)c([N+](=O)[O-])c2NCc2ccccc2)c1. The van der Waals surface area contributed by atoms with E-state index in [2.05, 4.69) is 26.3 Å². The molecule has 134 valence electrons. The van der Waals surface area contributed by atoms with Crippen LogP contribution in [-0.2, 0) is 13.1 Å². The van der Waals surface area contributed by atoms with E-state index in [-0.39, 0.29) is 10.3 Å². The lowest BCUT2D eigenvalue weighted by Gasteiger charge is -2.10. The Morgan fingerprint density at radius 1 is 1.19 bits per heavy atom. The molecule has 0 aliphatic carbocycles. The molecule has 0 fully saturated rings. The lowest BCUT2D eigenvalue weighted by atomic mass is 10.2. The van der Waals surface area contributed by atoms with Crippen molar-refractivity contribution in [3.8, 4) is 5.75 Å². The maximum Gasteiger partial charge on any atom is 0.345 e. The number of benzene rings is 2. The first kappa shape index (κ1) is 17.9. The maximum atomic E-state index is 11.5. The summed E-state index contributed by atoms with van der Waals surface area (Å²) in [4.78, 5) is 11.0. The molecular weight excluding hydrogens is 400 g/mol. The van der Waals surface area contributed by atoms with Gasteiger partial charge in [0.2, 0.25) is 10.4 Å². The quantitative estimate of drug-likeness (QED) is 0.460. The number of anilines is 1. The van der Waals surface area contributed by atoms with Crippen LogP contribution in [0, 0.1) is 10.1 Å². The zero-order valence-electron chi connectivity index (χ0n) is 14.1. The largest absolute Gasteiger partial charge is 0.497 e. The van der Waals surface area contributed by atoms with E-state index in [9.17, 15) is 10.1 Å². The van der Waals surface area contributed by atoms with Crippen molar-refractivity contribution < 1.29 is 9.66 Å². The van der Waals surface area contributed by atoms with E-state index in [0.29, 0.717) is 18.9 Å². The molecule has 2 aromatic carbocycles. The second-order valence-corrected chi connectivity index (χ2v) is 6.34. The lowest BCUT2D eigenvalue weighted by molar-refractivity contribution is -0.384. The maximum absolute atomic E-state index is 11.5.